The zero-order chi connectivity index (χ0) is 18.3. The Hall–Kier alpha value is -2.26. The molecule has 0 spiro atoms. The molecule has 2 aliphatic rings. The maximum absolute atomic E-state index is 6.54. The van der Waals surface area contributed by atoms with Crippen LogP contribution in [0.5, 0.6) is 0 Å². The van der Waals surface area contributed by atoms with E-state index in [9.17, 15) is 0 Å². The second-order valence-electron chi connectivity index (χ2n) is 7.92. The second kappa shape index (κ2) is 6.47. The minimum absolute atomic E-state index is 0.178. The number of hydrogen-bond donors (Lipinski definition) is 0. The molecule has 4 rings (SSSR count). The van der Waals surface area contributed by atoms with Crippen LogP contribution in [-0.2, 0) is 9.16 Å². The Morgan fingerprint density at radius 2 is 1.62 bits per heavy atom. The van der Waals surface area contributed by atoms with Gasteiger partial charge < -0.3 is 9.16 Å². The van der Waals surface area contributed by atoms with Crippen molar-refractivity contribution in [3.8, 4) is 0 Å². The Morgan fingerprint density at radius 1 is 0.923 bits per heavy atom. The number of fused-ring (bicyclic) bond motifs is 2. The van der Waals surface area contributed by atoms with Gasteiger partial charge >= 0.3 is 0 Å². The molecule has 134 valence electrons. The largest absolute Gasteiger partial charge is 0.542 e. The summed E-state index contributed by atoms with van der Waals surface area (Å²) >= 11 is 0. The van der Waals surface area contributed by atoms with Gasteiger partial charge in [0, 0.05) is 11.5 Å². The quantitative estimate of drug-likeness (QED) is 0.594. The average molecular weight is 363 g/mol. The van der Waals surface area contributed by atoms with Crippen LogP contribution >= 0.6 is 0 Å². The Balaban J connectivity index is 1.86. The lowest BCUT2D eigenvalue weighted by Gasteiger charge is -2.25. The van der Waals surface area contributed by atoms with Crippen molar-refractivity contribution < 1.29 is 9.16 Å². The summed E-state index contributed by atoms with van der Waals surface area (Å²) in [5, 5.41) is 0. The molecule has 0 amide bonds. The number of allylic oxidation sites excluding steroid dienone is 2. The van der Waals surface area contributed by atoms with Gasteiger partial charge in [-0.1, -0.05) is 60.7 Å². The van der Waals surface area contributed by atoms with Gasteiger partial charge in [0.05, 0.1) is 12.5 Å². The van der Waals surface area contributed by atoms with E-state index in [-0.39, 0.29) is 11.8 Å². The fourth-order valence-electron chi connectivity index (χ4n) is 4.04. The van der Waals surface area contributed by atoms with Crippen LogP contribution in [0, 0.1) is 0 Å². The van der Waals surface area contributed by atoms with E-state index in [4.69, 9.17) is 9.16 Å². The third kappa shape index (κ3) is 2.90. The summed E-state index contributed by atoms with van der Waals surface area (Å²) < 4.78 is 12.8. The van der Waals surface area contributed by atoms with Crippen LogP contribution in [0.3, 0.4) is 0 Å². The van der Waals surface area contributed by atoms with E-state index in [0.29, 0.717) is 6.61 Å². The van der Waals surface area contributed by atoms with Gasteiger partial charge in [0.15, 0.2) is 5.76 Å². The molecule has 2 aromatic carbocycles. The highest BCUT2D eigenvalue weighted by Gasteiger charge is 2.41. The zero-order valence-electron chi connectivity index (χ0n) is 16.0. The molecule has 0 heterocycles. The van der Waals surface area contributed by atoms with E-state index in [1.165, 1.54) is 22.3 Å². The standard InChI is InChI=1S/C23H26O2Si/c1-5-24-23-21(19-15-14-16-10-6-7-11-17(16)19)18-12-8-9-13-20(18)22(23)25-26(2,3)4/h6-15,19,21H,5H2,1-4H3. The molecule has 2 unspecified atom stereocenters. The molecule has 3 heteroatoms. The fourth-order valence-corrected chi connectivity index (χ4v) is 4.86. The summed E-state index contributed by atoms with van der Waals surface area (Å²) in [4.78, 5) is 0. The molecule has 0 radical (unpaired) electrons. The number of ether oxygens (including phenoxy) is 1. The monoisotopic (exact) mass is 362 g/mol. The molecule has 0 N–H and O–H groups in total. The highest BCUT2D eigenvalue weighted by atomic mass is 28.4. The van der Waals surface area contributed by atoms with Gasteiger partial charge in [-0.05, 0) is 43.3 Å². The number of hydrogen-bond acceptors (Lipinski definition) is 2. The Morgan fingerprint density at radius 3 is 2.35 bits per heavy atom. The Bertz CT molecular complexity index is 889. The Labute approximate surface area is 157 Å². The van der Waals surface area contributed by atoms with E-state index in [2.05, 4.69) is 87.2 Å². The topological polar surface area (TPSA) is 18.5 Å². The van der Waals surface area contributed by atoms with E-state index in [1.54, 1.807) is 0 Å². The summed E-state index contributed by atoms with van der Waals surface area (Å²) in [5.41, 5.74) is 5.20. The summed E-state index contributed by atoms with van der Waals surface area (Å²) in [6.07, 6.45) is 4.56. The van der Waals surface area contributed by atoms with Gasteiger partial charge in [-0.25, -0.2) is 0 Å². The highest BCUT2D eigenvalue weighted by Crippen LogP contribution is 2.52. The van der Waals surface area contributed by atoms with Crippen LogP contribution in [0.1, 0.15) is 41.0 Å². The van der Waals surface area contributed by atoms with Gasteiger partial charge in [-0.2, -0.15) is 0 Å². The van der Waals surface area contributed by atoms with E-state index in [0.717, 1.165) is 11.5 Å². The first-order valence-electron chi connectivity index (χ1n) is 9.42. The van der Waals surface area contributed by atoms with Crippen molar-refractivity contribution >= 4 is 20.2 Å². The lowest BCUT2D eigenvalue weighted by atomic mass is 9.83. The van der Waals surface area contributed by atoms with E-state index >= 15 is 0 Å². The van der Waals surface area contributed by atoms with E-state index in [1.807, 2.05) is 0 Å². The first-order valence-corrected chi connectivity index (χ1v) is 12.8. The molecule has 0 aromatic heterocycles. The molecule has 0 saturated heterocycles. The third-order valence-corrected chi connectivity index (χ3v) is 5.77. The molecule has 2 aliphatic carbocycles. The molecule has 0 bridgehead atoms. The van der Waals surface area contributed by atoms with Gasteiger partial charge in [0.1, 0.15) is 5.76 Å². The van der Waals surface area contributed by atoms with Crippen LogP contribution in [-0.4, -0.2) is 14.9 Å². The van der Waals surface area contributed by atoms with Crippen molar-refractivity contribution in [1.29, 1.82) is 0 Å². The minimum atomic E-state index is -1.76. The molecule has 2 nitrogen and oxygen atoms in total. The molecule has 2 aromatic rings. The molecule has 0 saturated carbocycles. The van der Waals surface area contributed by atoms with Crippen LogP contribution in [0.4, 0.5) is 0 Å². The maximum Gasteiger partial charge on any atom is 0.242 e. The molecular weight excluding hydrogens is 336 g/mol. The van der Waals surface area contributed by atoms with Crippen molar-refractivity contribution in [2.45, 2.75) is 38.4 Å². The molecule has 0 fully saturated rings. The number of benzene rings is 2. The summed E-state index contributed by atoms with van der Waals surface area (Å²) in [6, 6.07) is 17.3. The van der Waals surface area contributed by atoms with Gasteiger partial charge in [0.2, 0.25) is 8.32 Å². The SMILES string of the molecule is CCOC1=C(O[Si](C)(C)C)c2ccccc2C1C1C=Cc2ccccc21. The summed E-state index contributed by atoms with van der Waals surface area (Å²) in [7, 11) is -1.76. The smallest absolute Gasteiger partial charge is 0.242 e. The van der Waals surface area contributed by atoms with E-state index < -0.39 is 8.32 Å². The van der Waals surface area contributed by atoms with Crippen LogP contribution in [0.2, 0.25) is 19.6 Å². The summed E-state index contributed by atoms with van der Waals surface area (Å²) in [5.74, 6) is 2.43. The Kier molecular flexibility index (Phi) is 4.27. The molecule has 26 heavy (non-hydrogen) atoms. The lowest BCUT2D eigenvalue weighted by molar-refractivity contribution is 0.203. The molecular formula is C23H26O2Si. The zero-order valence-corrected chi connectivity index (χ0v) is 17.0. The minimum Gasteiger partial charge on any atom is -0.542 e. The number of rotatable bonds is 5. The normalized spacial score (nSPS) is 20.9. The maximum atomic E-state index is 6.54. The van der Waals surface area contributed by atoms with Crippen molar-refractivity contribution in [2.24, 2.45) is 0 Å². The lowest BCUT2D eigenvalue weighted by Crippen LogP contribution is -2.24. The van der Waals surface area contributed by atoms with Gasteiger partial charge in [0.25, 0.3) is 0 Å². The van der Waals surface area contributed by atoms with Crippen LogP contribution < -0.4 is 0 Å². The second-order valence-corrected chi connectivity index (χ2v) is 12.3. The first kappa shape index (κ1) is 17.2. The fraction of sp³-hybridized carbons (Fsp3) is 0.304. The third-order valence-electron chi connectivity index (χ3n) is 4.95. The first-order chi connectivity index (χ1) is 12.5. The average Bonchev–Trinajstić information content (AvgIpc) is 3.14. The molecule has 2 atom stereocenters. The molecule has 0 aliphatic heterocycles. The van der Waals surface area contributed by atoms with Crippen molar-refractivity contribution in [2.75, 3.05) is 6.61 Å². The predicted molar refractivity (Wildman–Crippen MR) is 110 cm³/mol. The summed E-state index contributed by atoms with van der Waals surface area (Å²) in [6.45, 7) is 9.38. The van der Waals surface area contributed by atoms with Gasteiger partial charge in [-0.15, -0.1) is 0 Å². The van der Waals surface area contributed by atoms with Crippen LogP contribution in [0.25, 0.3) is 11.8 Å². The van der Waals surface area contributed by atoms with Crippen molar-refractivity contribution in [3.05, 3.63) is 82.6 Å². The van der Waals surface area contributed by atoms with Gasteiger partial charge in [-0.3, -0.25) is 0 Å². The van der Waals surface area contributed by atoms with Crippen molar-refractivity contribution in [3.63, 3.8) is 0 Å². The van der Waals surface area contributed by atoms with Crippen LogP contribution in [0.15, 0.2) is 60.4 Å². The predicted octanol–water partition coefficient (Wildman–Crippen LogP) is 6.15. The van der Waals surface area contributed by atoms with Crippen molar-refractivity contribution in [1.82, 2.24) is 0 Å². The highest BCUT2D eigenvalue weighted by molar-refractivity contribution is 6.70.